The molecule has 1 aliphatic rings. The van der Waals surface area contributed by atoms with Gasteiger partial charge in [-0.15, -0.1) is 0 Å². The number of aryl methyl sites for hydroxylation is 2. The van der Waals surface area contributed by atoms with Crippen LogP contribution in [-0.4, -0.2) is 24.9 Å². The predicted molar refractivity (Wildman–Crippen MR) is 277 cm³/mol. The summed E-state index contributed by atoms with van der Waals surface area (Å²) in [6, 6.07) is 67.0. The van der Waals surface area contributed by atoms with E-state index in [1.807, 2.05) is 66.7 Å². The minimum Gasteiger partial charge on any atom is -0.457 e. The molecule has 0 saturated carbocycles. The first-order valence-corrected chi connectivity index (χ1v) is 22.9. The fourth-order valence-corrected chi connectivity index (χ4v) is 9.33. The normalized spacial score (nSPS) is 12.4. The number of benzene rings is 8. The van der Waals surface area contributed by atoms with Gasteiger partial charge in [0.1, 0.15) is 11.5 Å². The summed E-state index contributed by atoms with van der Waals surface area (Å²) in [6.45, 7) is 13.0. The number of fused-ring (bicyclic) bond motifs is 2. The van der Waals surface area contributed by atoms with Gasteiger partial charge in [-0.1, -0.05) is 184 Å². The minimum absolute atomic E-state index is 0.388. The second-order valence-corrected chi connectivity index (χ2v) is 17.8. The van der Waals surface area contributed by atoms with Crippen LogP contribution < -0.4 is 4.74 Å². The predicted octanol–water partition coefficient (Wildman–Crippen LogP) is 15.7. The molecule has 0 aliphatic carbocycles. The van der Waals surface area contributed by atoms with Gasteiger partial charge in [-0.25, -0.2) is 24.9 Å². The molecule has 11 rings (SSSR count). The van der Waals surface area contributed by atoms with Crippen molar-refractivity contribution in [3.63, 3.8) is 0 Å². The summed E-state index contributed by atoms with van der Waals surface area (Å²) in [5.74, 6) is 4.28. The third-order valence-corrected chi connectivity index (χ3v) is 13.1. The Labute approximate surface area is 397 Å². The molecule has 0 fully saturated rings. The van der Waals surface area contributed by atoms with Crippen LogP contribution in [0.15, 0.2) is 201 Å². The van der Waals surface area contributed by atoms with Crippen molar-refractivity contribution in [3.8, 4) is 102 Å². The van der Waals surface area contributed by atoms with E-state index in [4.69, 9.17) is 29.7 Å². The highest BCUT2D eigenvalue weighted by Crippen LogP contribution is 2.50. The molecule has 0 spiro atoms. The lowest BCUT2D eigenvalue weighted by atomic mass is 9.74. The Kier molecular flexibility index (Phi) is 10.7. The summed E-state index contributed by atoms with van der Waals surface area (Å²) in [6.07, 6.45) is 1.89. The van der Waals surface area contributed by atoms with Crippen LogP contribution in [0, 0.1) is 13.8 Å². The smallest absolute Gasteiger partial charge is 0.164 e. The van der Waals surface area contributed by atoms with E-state index in [9.17, 15) is 0 Å². The number of aromatic nitrogens is 5. The SMILES string of the molecule is C=Cc1c(-c2cccc(-c3ccc4c(c3)C(C)(C)c3cc(-c5cccc(-c6nc(-c7ccccc7)nc(-c7ccccc7C)n6)c5)ccc3O4)c2)nc(-c2ccccc2)nc1-c1ccccc1C. The van der Waals surface area contributed by atoms with Crippen molar-refractivity contribution in [2.75, 3.05) is 0 Å². The van der Waals surface area contributed by atoms with Gasteiger partial charge < -0.3 is 4.74 Å². The van der Waals surface area contributed by atoms with Crippen molar-refractivity contribution < 1.29 is 4.74 Å². The Morgan fingerprint density at radius 1 is 0.382 bits per heavy atom. The van der Waals surface area contributed by atoms with Gasteiger partial charge in [-0.2, -0.15) is 0 Å². The first-order valence-electron chi connectivity index (χ1n) is 22.9. The van der Waals surface area contributed by atoms with E-state index in [-0.39, 0.29) is 5.41 Å². The average molecular weight is 878 g/mol. The first-order chi connectivity index (χ1) is 33.2. The zero-order valence-corrected chi connectivity index (χ0v) is 38.4. The van der Waals surface area contributed by atoms with Gasteiger partial charge in [-0.3, -0.25) is 0 Å². The summed E-state index contributed by atoms with van der Waals surface area (Å²) >= 11 is 0. The number of ether oxygens (including phenoxy) is 1. The van der Waals surface area contributed by atoms with Crippen molar-refractivity contribution >= 4 is 6.08 Å². The third kappa shape index (κ3) is 7.76. The van der Waals surface area contributed by atoms with Gasteiger partial charge in [0.05, 0.1) is 11.4 Å². The number of rotatable bonds is 9. The molecular formula is C62H47N5O. The van der Waals surface area contributed by atoms with E-state index >= 15 is 0 Å². The zero-order chi connectivity index (χ0) is 46.4. The average Bonchev–Trinajstić information content (AvgIpc) is 3.39. The van der Waals surface area contributed by atoms with Crippen LogP contribution in [0.2, 0.25) is 0 Å². The van der Waals surface area contributed by atoms with Crippen molar-refractivity contribution in [1.82, 2.24) is 24.9 Å². The van der Waals surface area contributed by atoms with E-state index < -0.39 is 0 Å². The highest BCUT2D eigenvalue weighted by Gasteiger charge is 2.35. The molecule has 10 aromatic rings. The second-order valence-electron chi connectivity index (χ2n) is 17.8. The molecule has 0 saturated heterocycles. The molecule has 8 aromatic carbocycles. The maximum Gasteiger partial charge on any atom is 0.164 e. The van der Waals surface area contributed by atoms with Gasteiger partial charge in [0.2, 0.25) is 0 Å². The van der Waals surface area contributed by atoms with Gasteiger partial charge in [0, 0.05) is 55.5 Å². The van der Waals surface area contributed by atoms with Crippen molar-refractivity contribution in [2.24, 2.45) is 0 Å². The van der Waals surface area contributed by atoms with Crippen LogP contribution in [0.25, 0.3) is 96.4 Å². The zero-order valence-electron chi connectivity index (χ0n) is 38.4. The molecule has 3 heterocycles. The molecule has 0 atom stereocenters. The number of hydrogen-bond donors (Lipinski definition) is 0. The first kappa shape index (κ1) is 42.1. The molecule has 1 aliphatic heterocycles. The van der Waals surface area contributed by atoms with E-state index in [0.29, 0.717) is 23.3 Å². The fraction of sp³-hybridized carbons (Fsp3) is 0.0806. The van der Waals surface area contributed by atoms with Gasteiger partial charge in [-0.05, 0) is 83.6 Å². The van der Waals surface area contributed by atoms with Crippen LogP contribution >= 0.6 is 0 Å². The molecule has 0 radical (unpaired) electrons. The molecule has 6 nitrogen and oxygen atoms in total. The second kappa shape index (κ2) is 17.3. The third-order valence-electron chi connectivity index (χ3n) is 13.1. The molecule has 0 bridgehead atoms. The lowest BCUT2D eigenvalue weighted by Crippen LogP contribution is -2.24. The number of hydrogen-bond acceptors (Lipinski definition) is 6. The highest BCUT2D eigenvalue weighted by molar-refractivity contribution is 5.86. The van der Waals surface area contributed by atoms with E-state index in [1.54, 1.807) is 0 Å². The van der Waals surface area contributed by atoms with Crippen LogP contribution in [0.5, 0.6) is 11.5 Å². The lowest BCUT2D eigenvalue weighted by molar-refractivity contribution is 0.418. The summed E-state index contributed by atoms with van der Waals surface area (Å²) in [5, 5.41) is 0. The molecule has 0 unspecified atom stereocenters. The Bertz CT molecular complexity index is 3560. The van der Waals surface area contributed by atoms with Crippen LogP contribution in [0.3, 0.4) is 0 Å². The monoisotopic (exact) mass is 877 g/mol. The maximum absolute atomic E-state index is 6.70. The molecule has 2 aromatic heterocycles. The summed E-state index contributed by atoms with van der Waals surface area (Å²) < 4.78 is 6.70. The summed E-state index contributed by atoms with van der Waals surface area (Å²) in [4.78, 5) is 25.4. The molecular weight excluding hydrogens is 831 g/mol. The molecule has 0 amide bonds. The maximum atomic E-state index is 6.70. The highest BCUT2D eigenvalue weighted by atomic mass is 16.5. The van der Waals surface area contributed by atoms with E-state index in [2.05, 4.69) is 168 Å². The van der Waals surface area contributed by atoms with Crippen LogP contribution in [0.4, 0.5) is 0 Å². The Morgan fingerprint density at radius 3 is 1.38 bits per heavy atom. The molecule has 68 heavy (non-hydrogen) atoms. The lowest BCUT2D eigenvalue weighted by Gasteiger charge is -2.35. The van der Waals surface area contributed by atoms with Gasteiger partial charge >= 0.3 is 0 Å². The van der Waals surface area contributed by atoms with Gasteiger partial charge in [0.25, 0.3) is 0 Å². The standard InChI is InChI=1S/C62H47N5O/c1-6-49-56(63-58(41-21-9-7-10-22-41)64-57(49)50-29-15-13-19-39(50)2)47-27-17-25-43(35-47)45-31-33-54-52(37-45)62(4,5)53-38-46(32-34-55(53)68-54)44-26-18-28-48(36-44)60-65-59(42-23-11-8-12-24-42)66-61(67-60)51-30-16-14-20-40(51)3/h6-38H,1H2,2-5H3. The van der Waals surface area contributed by atoms with E-state index in [1.165, 1.54) is 0 Å². The van der Waals surface area contributed by atoms with Crippen molar-refractivity contribution in [3.05, 3.63) is 229 Å². The summed E-state index contributed by atoms with van der Waals surface area (Å²) in [7, 11) is 0. The fourth-order valence-electron chi connectivity index (χ4n) is 9.33. The Hall–Kier alpha value is -8.61. The Morgan fingerprint density at radius 2 is 0.809 bits per heavy atom. The van der Waals surface area contributed by atoms with Crippen molar-refractivity contribution in [1.29, 1.82) is 0 Å². The van der Waals surface area contributed by atoms with Crippen molar-refractivity contribution in [2.45, 2.75) is 33.1 Å². The topological polar surface area (TPSA) is 73.7 Å². The van der Waals surface area contributed by atoms with Gasteiger partial charge in [0.15, 0.2) is 23.3 Å². The minimum atomic E-state index is -0.388. The summed E-state index contributed by atoms with van der Waals surface area (Å²) in [5.41, 5.74) is 16.8. The number of nitrogens with zero attached hydrogens (tertiary/aromatic N) is 5. The molecule has 6 heteroatoms. The molecule has 326 valence electrons. The Balaban J connectivity index is 0.952. The largest absolute Gasteiger partial charge is 0.457 e. The van der Waals surface area contributed by atoms with Crippen LogP contribution in [-0.2, 0) is 5.41 Å². The van der Waals surface area contributed by atoms with E-state index in [0.717, 1.165) is 106 Å². The molecule has 0 N–H and O–H groups in total. The quantitative estimate of drug-likeness (QED) is 0.144. The van der Waals surface area contributed by atoms with Crippen LogP contribution in [0.1, 0.15) is 41.7 Å².